The molecule has 0 N–H and O–H groups in total. The van der Waals surface area contributed by atoms with Crippen molar-refractivity contribution in [1.82, 2.24) is 0 Å². The molecule has 4 heteroatoms. The molecule has 2 aromatic rings. The molecule has 0 aromatic heterocycles. The number of benzene rings is 2. The van der Waals surface area contributed by atoms with E-state index in [1.54, 1.807) is 12.1 Å². The van der Waals surface area contributed by atoms with Gasteiger partial charge >= 0.3 is 0 Å². The lowest BCUT2D eigenvalue weighted by atomic mass is 10.3. The largest absolute Gasteiger partial charge is 0.455 e. The lowest BCUT2D eigenvalue weighted by Gasteiger charge is -2.19. The second-order valence-electron chi connectivity index (χ2n) is 3.39. The van der Waals surface area contributed by atoms with Gasteiger partial charge in [-0.1, -0.05) is 23.4 Å². The van der Waals surface area contributed by atoms with E-state index in [1.807, 2.05) is 12.1 Å². The SMILES string of the molecule is Fc1ccc2c(c1)Sc1cc(Cl)ccc1O2. The average molecular weight is 253 g/mol. The van der Waals surface area contributed by atoms with Crippen molar-refractivity contribution in [2.24, 2.45) is 0 Å². The summed E-state index contributed by atoms with van der Waals surface area (Å²) in [4.78, 5) is 1.68. The molecule has 0 saturated carbocycles. The highest BCUT2D eigenvalue weighted by atomic mass is 35.5. The summed E-state index contributed by atoms with van der Waals surface area (Å²) in [7, 11) is 0. The first kappa shape index (κ1) is 10.00. The van der Waals surface area contributed by atoms with Gasteiger partial charge in [0.2, 0.25) is 0 Å². The summed E-state index contributed by atoms with van der Waals surface area (Å²) >= 11 is 7.35. The fourth-order valence-corrected chi connectivity index (χ4v) is 2.78. The first-order valence-electron chi connectivity index (χ1n) is 4.67. The van der Waals surface area contributed by atoms with E-state index in [2.05, 4.69) is 0 Å². The highest BCUT2D eigenvalue weighted by molar-refractivity contribution is 7.99. The van der Waals surface area contributed by atoms with Gasteiger partial charge in [-0.3, -0.25) is 0 Å². The maximum absolute atomic E-state index is 13.1. The second-order valence-corrected chi connectivity index (χ2v) is 4.91. The van der Waals surface area contributed by atoms with Gasteiger partial charge in [-0.25, -0.2) is 4.39 Å². The maximum atomic E-state index is 13.1. The molecule has 0 amide bonds. The first-order chi connectivity index (χ1) is 7.72. The molecule has 1 heterocycles. The first-order valence-corrected chi connectivity index (χ1v) is 5.86. The Morgan fingerprint density at radius 1 is 1.00 bits per heavy atom. The molecule has 0 bridgehead atoms. The van der Waals surface area contributed by atoms with Crippen LogP contribution >= 0.6 is 23.4 Å². The number of halogens is 2. The molecule has 0 spiro atoms. The van der Waals surface area contributed by atoms with Crippen LogP contribution < -0.4 is 4.74 Å². The predicted molar refractivity (Wildman–Crippen MR) is 62.0 cm³/mol. The summed E-state index contributed by atoms with van der Waals surface area (Å²) in [6.45, 7) is 0. The maximum Gasteiger partial charge on any atom is 0.141 e. The Bertz CT molecular complexity index is 521. The summed E-state index contributed by atoms with van der Waals surface area (Å²) < 4.78 is 18.7. The summed E-state index contributed by atoms with van der Waals surface area (Å²) in [6.07, 6.45) is 0. The van der Waals surface area contributed by atoms with Crippen LogP contribution in [0.2, 0.25) is 5.02 Å². The molecular formula is C12H6ClFOS. The molecule has 1 aliphatic rings. The number of fused-ring (bicyclic) bond motifs is 2. The zero-order valence-electron chi connectivity index (χ0n) is 8.04. The third-order valence-electron chi connectivity index (χ3n) is 2.25. The van der Waals surface area contributed by atoms with Gasteiger partial charge in [0.15, 0.2) is 0 Å². The third-order valence-corrected chi connectivity index (χ3v) is 3.56. The van der Waals surface area contributed by atoms with Crippen molar-refractivity contribution < 1.29 is 9.13 Å². The minimum atomic E-state index is -0.264. The zero-order valence-corrected chi connectivity index (χ0v) is 9.61. The Morgan fingerprint density at radius 3 is 2.50 bits per heavy atom. The van der Waals surface area contributed by atoms with Crippen LogP contribution in [0.4, 0.5) is 4.39 Å². The molecule has 0 unspecified atom stereocenters. The topological polar surface area (TPSA) is 9.23 Å². The Labute approximate surface area is 101 Å². The predicted octanol–water partition coefficient (Wildman–Crippen LogP) is 4.74. The average Bonchev–Trinajstić information content (AvgIpc) is 2.26. The summed E-state index contributed by atoms with van der Waals surface area (Å²) in [5, 5.41) is 0.648. The van der Waals surface area contributed by atoms with Crippen LogP contribution in [0.25, 0.3) is 0 Å². The molecular weight excluding hydrogens is 247 g/mol. The monoisotopic (exact) mass is 252 g/mol. The Hall–Kier alpha value is -1.19. The summed E-state index contributed by atoms with van der Waals surface area (Å²) in [5.41, 5.74) is 0. The van der Waals surface area contributed by atoms with Gasteiger partial charge in [-0.05, 0) is 36.4 Å². The van der Waals surface area contributed by atoms with Gasteiger partial charge in [-0.15, -0.1) is 0 Å². The van der Waals surface area contributed by atoms with Crippen molar-refractivity contribution in [3.05, 3.63) is 47.2 Å². The van der Waals surface area contributed by atoms with E-state index in [1.165, 1.54) is 23.9 Å². The van der Waals surface area contributed by atoms with Crippen molar-refractivity contribution in [3.63, 3.8) is 0 Å². The lowest BCUT2D eigenvalue weighted by molar-refractivity contribution is 0.452. The molecule has 2 aromatic carbocycles. The van der Waals surface area contributed by atoms with E-state index in [0.717, 1.165) is 15.5 Å². The molecule has 3 rings (SSSR count). The number of rotatable bonds is 0. The molecule has 0 atom stereocenters. The van der Waals surface area contributed by atoms with E-state index in [0.29, 0.717) is 10.8 Å². The molecule has 1 nitrogen and oxygen atoms in total. The van der Waals surface area contributed by atoms with Crippen molar-refractivity contribution in [1.29, 1.82) is 0 Å². The highest BCUT2D eigenvalue weighted by Gasteiger charge is 2.18. The lowest BCUT2D eigenvalue weighted by Crippen LogP contribution is -1.95. The van der Waals surface area contributed by atoms with E-state index in [9.17, 15) is 4.39 Å². The van der Waals surface area contributed by atoms with Crippen molar-refractivity contribution in [2.75, 3.05) is 0 Å². The number of hydrogen-bond acceptors (Lipinski definition) is 2. The third kappa shape index (κ3) is 1.66. The fourth-order valence-electron chi connectivity index (χ4n) is 1.53. The van der Waals surface area contributed by atoms with Crippen LogP contribution in [0.5, 0.6) is 11.5 Å². The number of ether oxygens (including phenoxy) is 1. The minimum Gasteiger partial charge on any atom is -0.455 e. The minimum absolute atomic E-state index is 0.264. The normalized spacial score (nSPS) is 12.6. The van der Waals surface area contributed by atoms with E-state index in [-0.39, 0.29) is 5.82 Å². The van der Waals surface area contributed by atoms with Gasteiger partial charge in [-0.2, -0.15) is 0 Å². The number of hydrogen-bond donors (Lipinski definition) is 0. The smallest absolute Gasteiger partial charge is 0.141 e. The van der Waals surface area contributed by atoms with E-state index in [4.69, 9.17) is 16.3 Å². The molecule has 1 aliphatic heterocycles. The molecule has 0 saturated heterocycles. The molecule has 80 valence electrons. The van der Waals surface area contributed by atoms with Gasteiger partial charge < -0.3 is 4.74 Å². The Kier molecular flexibility index (Phi) is 2.30. The van der Waals surface area contributed by atoms with Gasteiger partial charge in [0.25, 0.3) is 0 Å². The van der Waals surface area contributed by atoms with Crippen molar-refractivity contribution >= 4 is 23.4 Å². The van der Waals surface area contributed by atoms with Crippen molar-refractivity contribution in [3.8, 4) is 11.5 Å². The summed E-state index contributed by atoms with van der Waals surface area (Å²) in [5.74, 6) is 1.18. The van der Waals surface area contributed by atoms with Gasteiger partial charge in [0, 0.05) is 5.02 Å². The molecule has 0 aliphatic carbocycles. The van der Waals surface area contributed by atoms with Crippen molar-refractivity contribution in [2.45, 2.75) is 9.79 Å². The van der Waals surface area contributed by atoms with Crippen LogP contribution in [0.15, 0.2) is 46.2 Å². The second kappa shape index (κ2) is 3.68. The van der Waals surface area contributed by atoms with Crippen LogP contribution in [0, 0.1) is 5.82 Å². The summed E-state index contributed by atoms with van der Waals surface area (Å²) in [6, 6.07) is 9.89. The zero-order chi connectivity index (χ0) is 11.1. The Balaban J connectivity index is 2.10. The van der Waals surface area contributed by atoms with Gasteiger partial charge in [0.05, 0.1) is 9.79 Å². The quantitative estimate of drug-likeness (QED) is 0.572. The van der Waals surface area contributed by atoms with Crippen LogP contribution in [-0.4, -0.2) is 0 Å². The van der Waals surface area contributed by atoms with E-state index < -0.39 is 0 Å². The Morgan fingerprint density at radius 2 is 1.69 bits per heavy atom. The van der Waals surface area contributed by atoms with Gasteiger partial charge in [0.1, 0.15) is 17.3 Å². The standard InChI is InChI=1S/C12H6ClFOS/c13-7-1-3-9-11(5-7)16-12-6-8(14)2-4-10(12)15-9/h1-6H. The van der Waals surface area contributed by atoms with Crippen LogP contribution in [0.1, 0.15) is 0 Å². The highest BCUT2D eigenvalue weighted by Crippen LogP contribution is 2.47. The molecule has 0 radical (unpaired) electrons. The van der Waals surface area contributed by atoms with E-state index >= 15 is 0 Å². The fraction of sp³-hybridized carbons (Fsp3) is 0. The molecule has 16 heavy (non-hydrogen) atoms. The molecule has 0 fully saturated rings. The van der Waals surface area contributed by atoms with Crippen LogP contribution in [-0.2, 0) is 0 Å². The van der Waals surface area contributed by atoms with Crippen LogP contribution in [0.3, 0.4) is 0 Å².